The zero-order valence-electron chi connectivity index (χ0n) is 11.6. The second-order valence-corrected chi connectivity index (χ2v) is 4.35. The van der Waals surface area contributed by atoms with E-state index < -0.39 is 0 Å². The highest BCUT2D eigenvalue weighted by Gasteiger charge is 2.10. The van der Waals surface area contributed by atoms with E-state index in [1.807, 2.05) is 30.3 Å². The number of hydrogen-bond acceptors (Lipinski definition) is 3. The van der Waals surface area contributed by atoms with E-state index in [-0.39, 0.29) is 5.84 Å². The third kappa shape index (κ3) is 2.91. The molecule has 4 nitrogen and oxygen atoms in total. The number of amidine groups is 1. The molecule has 0 spiro atoms. The van der Waals surface area contributed by atoms with Gasteiger partial charge >= 0.3 is 0 Å². The Morgan fingerprint density at radius 2 is 1.85 bits per heavy atom. The summed E-state index contributed by atoms with van der Waals surface area (Å²) in [6.45, 7) is 2.08. The molecule has 0 radical (unpaired) electrons. The van der Waals surface area contributed by atoms with Crippen LogP contribution in [0.5, 0.6) is 17.2 Å². The van der Waals surface area contributed by atoms with Crippen molar-refractivity contribution in [2.75, 3.05) is 7.11 Å². The van der Waals surface area contributed by atoms with Gasteiger partial charge in [-0.2, -0.15) is 0 Å². The van der Waals surface area contributed by atoms with E-state index >= 15 is 0 Å². The number of aryl methyl sites for hydroxylation is 1. The predicted octanol–water partition coefficient (Wildman–Crippen LogP) is 3.33. The summed E-state index contributed by atoms with van der Waals surface area (Å²) in [7, 11) is 1.61. The van der Waals surface area contributed by atoms with Crippen molar-refractivity contribution in [2.24, 2.45) is 5.73 Å². The average molecular weight is 270 g/mol. The minimum absolute atomic E-state index is 0.0234. The van der Waals surface area contributed by atoms with Crippen molar-refractivity contribution in [3.05, 3.63) is 53.6 Å². The van der Waals surface area contributed by atoms with Gasteiger partial charge in [-0.25, -0.2) is 0 Å². The molecular formula is C16H18N2O2. The molecule has 104 valence electrons. The first-order valence-corrected chi connectivity index (χ1v) is 6.44. The maximum atomic E-state index is 7.57. The summed E-state index contributed by atoms with van der Waals surface area (Å²) in [5, 5.41) is 7.57. The van der Waals surface area contributed by atoms with Crippen molar-refractivity contribution < 1.29 is 9.47 Å². The topological polar surface area (TPSA) is 68.3 Å². The summed E-state index contributed by atoms with van der Waals surface area (Å²) in [5.74, 6) is 1.80. The van der Waals surface area contributed by atoms with E-state index in [9.17, 15) is 0 Å². The monoisotopic (exact) mass is 270 g/mol. The molecule has 0 heterocycles. The van der Waals surface area contributed by atoms with Crippen LogP contribution in [0.4, 0.5) is 0 Å². The molecule has 0 unspecified atom stereocenters. The molecule has 4 heteroatoms. The SMILES string of the molecule is CCc1ccc(Oc2ccccc2C(=N)N)c(OC)c1. The number of nitrogens with two attached hydrogens (primary N) is 1. The quantitative estimate of drug-likeness (QED) is 0.646. The molecule has 2 aromatic rings. The van der Waals surface area contributed by atoms with Gasteiger partial charge in [0.15, 0.2) is 11.5 Å². The highest BCUT2D eigenvalue weighted by atomic mass is 16.5. The van der Waals surface area contributed by atoms with E-state index in [0.717, 1.165) is 6.42 Å². The number of hydrogen-bond donors (Lipinski definition) is 2. The van der Waals surface area contributed by atoms with Gasteiger partial charge in [0.25, 0.3) is 0 Å². The maximum absolute atomic E-state index is 7.57. The number of ether oxygens (including phenoxy) is 2. The molecule has 0 aromatic heterocycles. The van der Waals surface area contributed by atoms with Crippen LogP contribution in [0.1, 0.15) is 18.1 Å². The molecule has 0 saturated carbocycles. The minimum atomic E-state index is -0.0234. The number of benzene rings is 2. The van der Waals surface area contributed by atoms with E-state index in [0.29, 0.717) is 22.8 Å². The molecule has 0 fully saturated rings. The lowest BCUT2D eigenvalue weighted by molar-refractivity contribution is 0.378. The Labute approximate surface area is 118 Å². The van der Waals surface area contributed by atoms with Gasteiger partial charge in [-0.15, -0.1) is 0 Å². The minimum Gasteiger partial charge on any atom is -0.493 e. The maximum Gasteiger partial charge on any atom is 0.169 e. The van der Waals surface area contributed by atoms with Crippen LogP contribution in [0.25, 0.3) is 0 Å². The second-order valence-electron chi connectivity index (χ2n) is 4.35. The smallest absolute Gasteiger partial charge is 0.169 e. The molecule has 3 N–H and O–H groups in total. The summed E-state index contributed by atoms with van der Waals surface area (Å²) in [4.78, 5) is 0. The van der Waals surface area contributed by atoms with Crippen molar-refractivity contribution >= 4 is 5.84 Å². The number of nitrogen functional groups attached to an aromatic ring is 1. The second kappa shape index (κ2) is 6.10. The fraction of sp³-hybridized carbons (Fsp3) is 0.188. The molecule has 0 aliphatic heterocycles. The zero-order chi connectivity index (χ0) is 14.5. The van der Waals surface area contributed by atoms with Crippen LogP contribution in [-0.4, -0.2) is 12.9 Å². The van der Waals surface area contributed by atoms with E-state index in [2.05, 4.69) is 6.92 Å². The third-order valence-corrected chi connectivity index (χ3v) is 3.03. The summed E-state index contributed by atoms with van der Waals surface area (Å²) in [6, 6.07) is 13.0. The van der Waals surface area contributed by atoms with Gasteiger partial charge in [0.05, 0.1) is 12.7 Å². The van der Waals surface area contributed by atoms with Gasteiger partial charge in [0, 0.05) is 0 Å². The Hall–Kier alpha value is -2.49. The van der Waals surface area contributed by atoms with Crippen molar-refractivity contribution in [1.29, 1.82) is 5.41 Å². The zero-order valence-corrected chi connectivity index (χ0v) is 11.6. The average Bonchev–Trinajstić information content (AvgIpc) is 2.48. The molecule has 20 heavy (non-hydrogen) atoms. The lowest BCUT2D eigenvalue weighted by atomic mass is 10.1. The van der Waals surface area contributed by atoms with Gasteiger partial charge in [0.2, 0.25) is 0 Å². The Morgan fingerprint density at radius 3 is 2.50 bits per heavy atom. The highest BCUT2D eigenvalue weighted by molar-refractivity contribution is 5.97. The molecule has 0 aliphatic rings. The van der Waals surface area contributed by atoms with Crippen LogP contribution in [0, 0.1) is 5.41 Å². The number of methoxy groups -OCH3 is 1. The Morgan fingerprint density at radius 1 is 1.10 bits per heavy atom. The molecule has 2 rings (SSSR count). The molecule has 0 saturated heterocycles. The van der Waals surface area contributed by atoms with Crippen LogP contribution in [-0.2, 0) is 6.42 Å². The van der Waals surface area contributed by atoms with Gasteiger partial charge < -0.3 is 15.2 Å². The van der Waals surface area contributed by atoms with Crippen LogP contribution < -0.4 is 15.2 Å². The van der Waals surface area contributed by atoms with E-state index in [4.69, 9.17) is 20.6 Å². The molecule has 0 bridgehead atoms. The standard InChI is InChI=1S/C16H18N2O2/c1-3-11-8-9-14(15(10-11)19-2)20-13-7-5-4-6-12(13)16(17)18/h4-10H,3H2,1-2H3,(H3,17,18). The number of para-hydroxylation sites is 1. The summed E-state index contributed by atoms with van der Waals surface area (Å²) < 4.78 is 11.2. The number of nitrogens with one attached hydrogen (secondary N) is 1. The van der Waals surface area contributed by atoms with Crippen molar-refractivity contribution in [1.82, 2.24) is 0 Å². The fourth-order valence-electron chi connectivity index (χ4n) is 1.91. The fourth-order valence-corrected chi connectivity index (χ4v) is 1.91. The number of rotatable bonds is 5. The molecule has 0 aliphatic carbocycles. The molecule has 0 amide bonds. The molecular weight excluding hydrogens is 252 g/mol. The summed E-state index contributed by atoms with van der Waals surface area (Å²) in [5.41, 5.74) is 7.30. The Kier molecular flexibility index (Phi) is 4.25. The first kappa shape index (κ1) is 13.9. The van der Waals surface area contributed by atoms with Crippen LogP contribution in [0.2, 0.25) is 0 Å². The van der Waals surface area contributed by atoms with Gasteiger partial charge in [-0.05, 0) is 36.2 Å². The Balaban J connectivity index is 2.37. The van der Waals surface area contributed by atoms with Crippen LogP contribution in [0.3, 0.4) is 0 Å². The van der Waals surface area contributed by atoms with E-state index in [1.54, 1.807) is 19.2 Å². The summed E-state index contributed by atoms with van der Waals surface area (Å²) >= 11 is 0. The van der Waals surface area contributed by atoms with Crippen molar-refractivity contribution in [2.45, 2.75) is 13.3 Å². The van der Waals surface area contributed by atoms with Crippen LogP contribution in [0.15, 0.2) is 42.5 Å². The van der Waals surface area contributed by atoms with Gasteiger partial charge in [-0.1, -0.05) is 25.1 Å². The van der Waals surface area contributed by atoms with E-state index in [1.165, 1.54) is 5.56 Å². The Bertz CT molecular complexity index is 624. The van der Waals surface area contributed by atoms with Crippen molar-refractivity contribution in [3.8, 4) is 17.2 Å². The lowest BCUT2D eigenvalue weighted by Gasteiger charge is -2.13. The lowest BCUT2D eigenvalue weighted by Crippen LogP contribution is -2.12. The van der Waals surface area contributed by atoms with Crippen LogP contribution >= 0.6 is 0 Å². The predicted molar refractivity (Wildman–Crippen MR) is 79.9 cm³/mol. The largest absolute Gasteiger partial charge is 0.493 e. The first-order valence-electron chi connectivity index (χ1n) is 6.44. The normalized spacial score (nSPS) is 10.1. The van der Waals surface area contributed by atoms with Gasteiger partial charge in [-0.3, -0.25) is 5.41 Å². The highest BCUT2D eigenvalue weighted by Crippen LogP contribution is 2.33. The molecule has 0 atom stereocenters. The first-order chi connectivity index (χ1) is 9.65. The molecule has 2 aromatic carbocycles. The van der Waals surface area contributed by atoms with Crippen molar-refractivity contribution in [3.63, 3.8) is 0 Å². The van der Waals surface area contributed by atoms with Gasteiger partial charge in [0.1, 0.15) is 11.6 Å². The third-order valence-electron chi connectivity index (χ3n) is 3.03. The summed E-state index contributed by atoms with van der Waals surface area (Å²) in [6.07, 6.45) is 0.931.